The molecule has 3 N–H and O–H groups in total. The predicted molar refractivity (Wildman–Crippen MR) is 79.5 cm³/mol. The SMILES string of the molecule is Nc1cnccc1SCC(=O)Nc1ccccc1Cl. The highest BCUT2D eigenvalue weighted by molar-refractivity contribution is 8.00. The lowest BCUT2D eigenvalue weighted by atomic mass is 10.3. The highest BCUT2D eigenvalue weighted by Crippen LogP contribution is 2.24. The van der Waals surface area contributed by atoms with Crippen molar-refractivity contribution >= 4 is 40.6 Å². The van der Waals surface area contributed by atoms with Gasteiger partial charge in [-0.15, -0.1) is 11.8 Å². The van der Waals surface area contributed by atoms with Gasteiger partial charge < -0.3 is 11.1 Å². The first-order valence-corrected chi connectivity index (χ1v) is 6.90. The average molecular weight is 294 g/mol. The first kappa shape index (κ1) is 13.7. The number of carbonyl (C=O) groups excluding carboxylic acids is 1. The third-order valence-electron chi connectivity index (χ3n) is 2.32. The summed E-state index contributed by atoms with van der Waals surface area (Å²) in [4.78, 5) is 16.5. The number of nitrogens with zero attached hydrogens (tertiary/aromatic N) is 1. The van der Waals surface area contributed by atoms with Gasteiger partial charge in [-0.25, -0.2) is 0 Å². The van der Waals surface area contributed by atoms with E-state index in [0.29, 0.717) is 16.4 Å². The topological polar surface area (TPSA) is 68.0 Å². The number of benzene rings is 1. The fourth-order valence-electron chi connectivity index (χ4n) is 1.42. The standard InChI is InChI=1S/C13H12ClN3OS/c14-9-3-1-2-4-11(9)17-13(18)8-19-12-5-6-16-7-10(12)15/h1-7H,8,15H2,(H,17,18). The van der Waals surface area contributed by atoms with Crippen LogP contribution >= 0.6 is 23.4 Å². The molecule has 0 saturated heterocycles. The predicted octanol–water partition coefficient (Wildman–Crippen LogP) is 3.05. The Kier molecular flexibility index (Phi) is 4.65. The number of halogens is 1. The molecule has 1 aromatic carbocycles. The minimum absolute atomic E-state index is 0.130. The third-order valence-corrected chi connectivity index (χ3v) is 3.74. The van der Waals surface area contributed by atoms with Crippen LogP contribution in [-0.2, 0) is 4.79 Å². The minimum atomic E-state index is -0.130. The van der Waals surface area contributed by atoms with Crippen molar-refractivity contribution in [2.24, 2.45) is 0 Å². The van der Waals surface area contributed by atoms with Crippen molar-refractivity contribution < 1.29 is 4.79 Å². The van der Waals surface area contributed by atoms with E-state index in [1.165, 1.54) is 11.8 Å². The Morgan fingerprint density at radius 3 is 2.89 bits per heavy atom. The first-order valence-electron chi connectivity index (χ1n) is 5.53. The monoisotopic (exact) mass is 293 g/mol. The summed E-state index contributed by atoms with van der Waals surface area (Å²) in [5, 5.41) is 3.27. The lowest BCUT2D eigenvalue weighted by molar-refractivity contribution is -0.113. The second-order valence-electron chi connectivity index (χ2n) is 3.73. The van der Waals surface area contributed by atoms with E-state index >= 15 is 0 Å². The van der Waals surface area contributed by atoms with Gasteiger partial charge in [-0.3, -0.25) is 9.78 Å². The summed E-state index contributed by atoms with van der Waals surface area (Å²) < 4.78 is 0. The summed E-state index contributed by atoms with van der Waals surface area (Å²) in [6, 6.07) is 8.89. The quantitative estimate of drug-likeness (QED) is 0.850. The van der Waals surface area contributed by atoms with E-state index in [9.17, 15) is 4.79 Å². The molecule has 0 atom stereocenters. The summed E-state index contributed by atoms with van der Waals surface area (Å²) >= 11 is 7.32. The number of pyridine rings is 1. The molecule has 0 unspecified atom stereocenters. The summed E-state index contributed by atoms with van der Waals surface area (Å²) in [5.41, 5.74) is 6.92. The van der Waals surface area contributed by atoms with Crippen LogP contribution < -0.4 is 11.1 Å². The van der Waals surface area contributed by atoms with Crippen LogP contribution in [-0.4, -0.2) is 16.6 Å². The van der Waals surface area contributed by atoms with E-state index in [0.717, 1.165) is 4.90 Å². The van der Waals surface area contributed by atoms with Crippen molar-refractivity contribution in [1.29, 1.82) is 0 Å². The summed E-state index contributed by atoms with van der Waals surface area (Å²) in [7, 11) is 0. The highest BCUT2D eigenvalue weighted by atomic mass is 35.5. The Morgan fingerprint density at radius 1 is 1.37 bits per heavy atom. The van der Waals surface area contributed by atoms with Gasteiger partial charge in [0.25, 0.3) is 0 Å². The first-order chi connectivity index (χ1) is 9.16. The van der Waals surface area contributed by atoms with Crippen molar-refractivity contribution in [2.45, 2.75) is 4.90 Å². The second-order valence-corrected chi connectivity index (χ2v) is 5.15. The molecule has 6 heteroatoms. The second kappa shape index (κ2) is 6.45. The molecule has 0 aliphatic carbocycles. The van der Waals surface area contributed by atoms with E-state index < -0.39 is 0 Å². The fraction of sp³-hybridized carbons (Fsp3) is 0.0769. The van der Waals surface area contributed by atoms with Crippen molar-refractivity contribution in [1.82, 2.24) is 4.98 Å². The molecule has 1 heterocycles. The summed E-state index contributed by atoms with van der Waals surface area (Å²) in [6.07, 6.45) is 3.21. The number of aromatic nitrogens is 1. The van der Waals surface area contributed by atoms with Crippen LogP contribution in [0.5, 0.6) is 0 Å². The van der Waals surface area contributed by atoms with Crippen LogP contribution in [0.2, 0.25) is 5.02 Å². The van der Waals surface area contributed by atoms with Crippen molar-refractivity contribution in [3.05, 3.63) is 47.7 Å². The Morgan fingerprint density at radius 2 is 2.16 bits per heavy atom. The molecule has 0 aliphatic heterocycles. The lowest BCUT2D eigenvalue weighted by Gasteiger charge is -2.07. The Bertz CT molecular complexity index is 592. The van der Waals surface area contributed by atoms with Gasteiger partial charge in [0, 0.05) is 11.1 Å². The summed E-state index contributed by atoms with van der Waals surface area (Å²) in [6.45, 7) is 0. The number of nitrogens with two attached hydrogens (primary N) is 1. The number of nitrogens with one attached hydrogen (secondary N) is 1. The number of amides is 1. The molecule has 2 aromatic rings. The van der Waals surface area contributed by atoms with Gasteiger partial charge in [-0.1, -0.05) is 23.7 Å². The van der Waals surface area contributed by atoms with Crippen LogP contribution in [0.1, 0.15) is 0 Å². The number of rotatable bonds is 4. The average Bonchev–Trinajstić information content (AvgIpc) is 2.40. The van der Waals surface area contributed by atoms with Gasteiger partial charge in [0.1, 0.15) is 0 Å². The maximum Gasteiger partial charge on any atom is 0.234 e. The van der Waals surface area contributed by atoms with E-state index in [4.69, 9.17) is 17.3 Å². The van der Waals surface area contributed by atoms with E-state index in [2.05, 4.69) is 10.3 Å². The van der Waals surface area contributed by atoms with Crippen LogP contribution in [0.4, 0.5) is 11.4 Å². The number of hydrogen-bond donors (Lipinski definition) is 2. The van der Waals surface area contributed by atoms with Crippen molar-refractivity contribution in [3.63, 3.8) is 0 Å². The molecule has 0 spiro atoms. The van der Waals surface area contributed by atoms with Gasteiger partial charge in [0.15, 0.2) is 0 Å². The van der Waals surface area contributed by atoms with Gasteiger partial charge in [0.05, 0.1) is 28.3 Å². The molecule has 0 radical (unpaired) electrons. The molecule has 98 valence electrons. The molecule has 0 fully saturated rings. The van der Waals surface area contributed by atoms with E-state index in [1.807, 2.05) is 12.1 Å². The van der Waals surface area contributed by atoms with E-state index in [-0.39, 0.29) is 11.7 Å². The number of para-hydroxylation sites is 1. The number of hydrogen-bond acceptors (Lipinski definition) is 4. The van der Waals surface area contributed by atoms with Gasteiger partial charge >= 0.3 is 0 Å². The molecular formula is C13H12ClN3OS. The highest BCUT2D eigenvalue weighted by Gasteiger charge is 2.07. The number of thioether (sulfide) groups is 1. The molecule has 0 bridgehead atoms. The molecular weight excluding hydrogens is 282 g/mol. The third kappa shape index (κ3) is 3.87. The normalized spacial score (nSPS) is 10.2. The van der Waals surface area contributed by atoms with Gasteiger partial charge in [0.2, 0.25) is 5.91 Å². The Labute approximate surface area is 120 Å². The molecule has 19 heavy (non-hydrogen) atoms. The molecule has 4 nitrogen and oxygen atoms in total. The molecule has 1 amide bonds. The maximum absolute atomic E-state index is 11.8. The molecule has 0 saturated carbocycles. The van der Waals surface area contributed by atoms with Crippen LogP contribution in [0.15, 0.2) is 47.6 Å². The van der Waals surface area contributed by atoms with Gasteiger partial charge in [-0.2, -0.15) is 0 Å². The van der Waals surface area contributed by atoms with Crippen LogP contribution in [0, 0.1) is 0 Å². The fourth-order valence-corrected chi connectivity index (χ4v) is 2.34. The zero-order valence-electron chi connectivity index (χ0n) is 9.97. The maximum atomic E-state index is 11.8. The molecule has 2 rings (SSSR count). The zero-order chi connectivity index (χ0) is 13.7. The molecule has 1 aromatic heterocycles. The number of carbonyl (C=O) groups is 1. The van der Waals surface area contributed by atoms with Gasteiger partial charge in [-0.05, 0) is 18.2 Å². The number of nitrogen functional groups attached to an aromatic ring is 1. The zero-order valence-corrected chi connectivity index (χ0v) is 11.5. The summed E-state index contributed by atoms with van der Waals surface area (Å²) in [5.74, 6) is 0.133. The lowest BCUT2D eigenvalue weighted by Crippen LogP contribution is -2.14. The van der Waals surface area contributed by atoms with Crippen molar-refractivity contribution in [3.8, 4) is 0 Å². The molecule has 0 aliphatic rings. The minimum Gasteiger partial charge on any atom is -0.397 e. The largest absolute Gasteiger partial charge is 0.397 e. The smallest absolute Gasteiger partial charge is 0.234 e. The van der Waals surface area contributed by atoms with Crippen molar-refractivity contribution in [2.75, 3.05) is 16.8 Å². The Hall–Kier alpha value is -1.72. The Balaban J connectivity index is 1.92. The van der Waals surface area contributed by atoms with E-state index in [1.54, 1.807) is 30.6 Å². The van der Waals surface area contributed by atoms with Crippen LogP contribution in [0.25, 0.3) is 0 Å². The van der Waals surface area contributed by atoms with Crippen LogP contribution in [0.3, 0.4) is 0 Å². The number of anilines is 2.